The van der Waals surface area contributed by atoms with Crippen LogP contribution in [-0.4, -0.2) is 28.7 Å². The predicted molar refractivity (Wildman–Crippen MR) is 114 cm³/mol. The van der Waals surface area contributed by atoms with Crippen molar-refractivity contribution in [2.24, 2.45) is 0 Å². The number of methoxy groups -OCH3 is 1. The molecule has 2 aromatic heterocycles. The quantitative estimate of drug-likeness (QED) is 0.291. The summed E-state index contributed by atoms with van der Waals surface area (Å²) in [5.74, 6) is 1.68. The third-order valence-corrected chi connectivity index (χ3v) is 4.84. The number of hydrogen-bond acceptors (Lipinski definition) is 8. The van der Waals surface area contributed by atoms with E-state index in [4.69, 9.17) is 13.7 Å². The zero-order valence-electron chi connectivity index (χ0n) is 17.0. The van der Waals surface area contributed by atoms with Crippen molar-refractivity contribution < 1.29 is 18.6 Å². The molecule has 0 radical (unpaired) electrons. The van der Waals surface area contributed by atoms with Crippen LogP contribution in [0.4, 0.5) is 11.4 Å². The van der Waals surface area contributed by atoms with Gasteiger partial charge in [0.25, 0.3) is 11.6 Å². The van der Waals surface area contributed by atoms with Crippen LogP contribution in [0.3, 0.4) is 0 Å². The van der Waals surface area contributed by atoms with Gasteiger partial charge in [0.1, 0.15) is 11.4 Å². The Labute approximate surface area is 178 Å². The number of furan rings is 1. The van der Waals surface area contributed by atoms with Gasteiger partial charge in [0, 0.05) is 24.7 Å². The first kappa shape index (κ1) is 20.1. The summed E-state index contributed by atoms with van der Waals surface area (Å²) in [6, 6.07) is 15.9. The van der Waals surface area contributed by atoms with Crippen LogP contribution in [0.25, 0.3) is 23.0 Å². The maximum atomic E-state index is 11.8. The number of nitro benzene ring substituents is 1. The highest BCUT2D eigenvalue weighted by Gasteiger charge is 2.22. The topological polar surface area (TPSA) is 108 Å². The van der Waals surface area contributed by atoms with Gasteiger partial charge < -0.3 is 18.6 Å². The molecular weight excluding hydrogens is 400 g/mol. The first-order valence-electron chi connectivity index (χ1n) is 9.63. The van der Waals surface area contributed by atoms with Gasteiger partial charge in [-0.05, 0) is 48.9 Å². The fourth-order valence-electron chi connectivity index (χ4n) is 3.24. The second-order valence-corrected chi connectivity index (χ2v) is 6.72. The Balaban J connectivity index is 1.64. The van der Waals surface area contributed by atoms with Crippen molar-refractivity contribution in [3.63, 3.8) is 0 Å². The molecule has 4 aromatic rings. The van der Waals surface area contributed by atoms with Crippen molar-refractivity contribution in [1.82, 2.24) is 10.1 Å². The molecule has 0 atom stereocenters. The highest BCUT2D eigenvalue weighted by atomic mass is 16.6. The van der Waals surface area contributed by atoms with E-state index in [9.17, 15) is 10.1 Å². The standard InChI is InChI=1S/C22H20N4O5/c1-3-25(14-15-6-9-17(29-2)10-7-15)18-11-8-16(13-19(18)26(27)28)22-23-21(24-31-22)20-5-4-12-30-20/h4-13H,3,14H2,1-2H3. The van der Waals surface area contributed by atoms with E-state index >= 15 is 0 Å². The molecule has 9 heteroatoms. The minimum absolute atomic E-state index is 0.0365. The summed E-state index contributed by atoms with van der Waals surface area (Å²) in [4.78, 5) is 17.6. The Morgan fingerprint density at radius 3 is 2.61 bits per heavy atom. The SMILES string of the molecule is CCN(Cc1ccc(OC)cc1)c1ccc(-c2nc(-c3ccco3)no2)cc1[N+](=O)[O-]. The number of benzene rings is 2. The monoisotopic (exact) mass is 420 g/mol. The molecule has 0 aliphatic heterocycles. The van der Waals surface area contributed by atoms with Gasteiger partial charge in [-0.2, -0.15) is 4.98 Å². The lowest BCUT2D eigenvalue weighted by Crippen LogP contribution is -2.23. The van der Waals surface area contributed by atoms with E-state index in [1.807, 2.05) is 36.1 Å². The highest BCUT2D eigenvalue weighted by Crippen LogP contribution is 2.34. The van der Waals surface area contributed by atoms with E-state index in [2.05, 4.69) is 10.1 Å². The van der Waals surface area contributed by atoms with E-state index in [-0.39, 0.29) is 17.4 Å². The maximum absolute atomic E-state index is 11.8. The molecule has 0 aliphatic rings. The molecule has 0 unspecified atom stereocenters. The number of rotatable bonds is 8. The summed E-state index contributed by atoms with van der Waals surface area (Å²) >= 11 is 0. The van der Waals surface area contributed by atoms with Crippen LogP contribution < -0.4 is 9.64 Å². The van der Waals surface area contributed by atoms with E-state index in [1.165, 1.54) is 12.3 Å². The summed E-state index contributed by atoms with van der Waals surface area (Å²) < 4.78 is 15.7. The summed E-state index contributed by atoms with van der Waals surface area (Å²) in [7, 11) is 1.61. The summed E-state index contributed by atoms with van der Waals surface area (Å²) in [6.45, 7) is 3.06. The second-order valence-electron chi connectivity index (χ2n) is 6.72. The fraction of sp³-hybridized carbons (Fsp3) is 0.182. The number of aromatic nitrogens is 2. The molecule has 0 fully saturated rings. The number of hydrogen-bond donors (Lipinski definition) is 0. The molecule has 9 nitrogen and oxygen atoms in total. The molecule has 2 heterocycles. The van der Waals surface area contributed by atoms with Gasteiger partial charge in [0.2, 0.25) is 5.82 Å². The molecule has 158 valence electrons. The zero-order valence-corrected chi connectivity index (χ0v) is 17.0. The van der Waals surface area contributed by atoms with Gasteiger partial charge in [0.05, 0.1) is 18.3 Å². The smallest absolute Gasteiger partial charge is 0.293 e. The van der Waals surface area contributed by atoms with E-state index in [0.29, 0.717) is 30.1 Å². The third-order valence-electron chi connectivity index (χ3n) is 4.84. The Hall–Kier alpha value is -4.14. The van der Waals surface area contributed by atoms with E-state index in [0.717, 1.165) is 11.3 Å². The molecule has 0 aliphatic carbocycles. The largest absolute Gasteiger partial charge is 0.497 e. The number of nitro groups is 1. The van der Waals surface area contributed by atoms with Crippen LogP contribution in [0.1, 0.15) is 12.5 Å². The second kappa shape index (κ2) is 8.70. The predicted octanol–water partition coefficient (Wildman–Crippen LogP) is 4.94. The lowest BCUT2D eigenvalue weighted by Gasteiger charge is -2.23. The van der Waals surface area contributed by atoms with Gasteiger partial charge in [-0.1, -0.05) is 17.3 Å². The van der Waals surface area contributed by atoms with Crippen molar-refractivity contribution >= 4 is 11.4 Å². The first-order valence-corrected chi connectivity index (χ1v) is 9.63. The van der Waals surface area contributed by atoms with Crippen LogP contribution in [0.2, 0.25) is 0 Å². The van der Waals surface area contributed by atoms with Crippen molar-refractivity contribution in [3.05, 3.63) is 76.5 Å². The van der Waals surface area contributed by atoms with E-state index < -0.39 is 4.92 Å². The molecule has 0 amide bonds. The molecule has 0 N–H and O–H groups in total. The average Bonchev–Trinajstić information content (AvgIpc) is 3.49. The zero-order chi connectivity index (χ0) is 21.8. The molecule has 0 saturated heterocycles. The molecule has 2 aromatic carbocycles. The van der Waals surface area contributed by atoms with Crippen LogP contribution in [0.15, 0.2) is 69.8 Å². The minimum Gasteiger partial charge on any atom is -0.497 e. The van der Waals surface area contributed by atoms with Crippen LogP contribution in [0.5, 0.6) is 5.75 Å². The van der Waals surface area contributed by atoms with Crippen LogP contribution in [-0.2, 0) is 6.54 Å². The van der Waals surface area contributed by atoms with Crippen molar-refractivity contribution in [2.75, 3.05) is 18.6 Å². The Morgan fingerprint density at radius 2 is 1.97 bits per heavy atom. The van der Waals surface area contributed by atoms with Gasteiger partial charge in [-0.15, -0.1) is 0 Å². The molecule has 0 saturated carbocycles. The third kappa shape index (κ3) is 4.25. The van der Waals surface area contributed by atoms with Crippen LogP contribution in [0, 0.1) is 10.1 Å². The van der Waals surface area contributed by atoms with Gasteiger partial charge in [0.15, 0.2) is 5.76 Å². The molecule has 0 bridgehead atoms. The first-order chi connectivity index (χ1) is 15.1. The molecule has 4 rings (SSSR count). The van der Waals surface area contributed by atoms with Crippen molar-refractivity contribution in [3.8, 4) is 28.8 Å². The molecule has 0 spiro atoms. The van der Waals surface area contributed by atoms with Gasteiger partial charge >= 0.3 is 0 Å². The Bertz CT molecular complexity index is 1170. The maximum Gasteiger partial charge on any atom is 0.293 e. The minimum atomic E-state index is -0.403. The number of ether oxygens (including phenoxy) is 1. The summed E-state index contributed by atoms with van der Waals surface area (Å²) in [6.07, 6.45) is 1.51. The van der Waals surface area contributed by atoms with Crippen LogP contribution >= 0.6 is 0 Å². The Kier molecular flexibility index (Phi) is 5.65. The number of anilines is 1. The van der Waals surface area contributed by atoms with Gasteiger partial charge in [-0.25, -0.2) is 0 Å². The fourth-order valence-corrected chi connectivity index (χ4v) is 3.24. The lowest BCUT2D eigenvalue weighted by atomic mass is 10.1. The molecular formula is C22H20N4O5. The van der Waals surface area contributed by atoms with Crippen molar-refractivity contribution in [1.29, 1.82) is 0 Å². The summed E-state index contributed by atoms with van der Waals surface area (Å²) in [5, 5.41) is 15.7. The Morgan fingerprint density at radius 1 is 1.16 bits per heavy atom. The average molecular weight is 420 g/mol. The van der Waals surface area contributed by atoms with Crippen molar-refractivity contribution in [2.45, 2.75) is 13.5 Å². The van der Waals surface area contributed by atoms with E-state index in [1.54, 1.807) is 31.4 Å². The normalized spacial score (nSPS) is 10.8. The van der Waals surface area contributed by atoms with Gasteiger partial charge in [-0.3, -0.25) is 10.1 Å². The summed E-state index contributed by atoms with van der Waals surface area (Å²) in [5.41, 5.74) is 1.95. The molecule has 31 heavy (non-hydrogen) atoms. The highest BCUT2D eigenvalue weighted by molar-refractivity contribution is 5.71. The number of nitrogens with zero attached hydrogens (tertiary/aromatic N) is 4. The lowest BCUT2D eigenvalue weighted by molar-refractivity contribution is -0.384.